The number of hydrogen-bond donors (Lipinski definition) is 2. The highest BCUT2D eigenvalue weighted by Gasteiger charge is 2.15. The van der Waals surface area contributed by atoms with Crippen LogP contribution in [-0.2, 0) is 36.6 Å². The van der Waals surface area contributed by atoms with Crippen LogP contribution >= 0.6 is 0 Å². The number of carbonyl (C=O) groups is 1. The van der Waals surface area contributed by atoms with Crippen molar-refractivity contribution in [2.75, 3.05) is 13.2 Å². The number of amides is 1. The fraction of sp³-hybridized carbons (Fsp3) is 0.438. The smallest absolute Gasteiger partial charge is 0.289 e. The third kappa shape index (κ3) is 5.86. The quantitative estimate of drug-likeness (QED) is 0.762. The molecule has 0 saturated heterocycles. The van der Waals surface area contributed by atoms with Gasteiger partial charge in [-0.3, -0.25) is 4.79 Å². The summed E-state index contributed by atoms with van der Waals surface area (Å²) in [6.45, 7) is 4.66. The normalized spacial score (nSPS) is 14.5. The van der Waals surface area contributed by atoms with Crippen LogP contribution in [0.25, 0.3) is 0 Å². The molecule has 1 heterocycles. The highest BCUT2D eigenvalue weighted by atomic mass is 32.2. The molecule has 0 spiro atoms. The van der Waals surface area contributed by atoms with E-state index in [1.807, 2.05) is 0 Å². The summed E-state index contributed by atoms with van der Waals surface area (Å²) in [5.41, 5.74) is 1.54. The number of carbonyl (C=O) groups excluding carboxylic acids is 1. The number of nitrogens with one attached hydrogen (secondary N) is 2. The number of benzene rings is 1. The second-order valence-corrected chi connectivity index (χ2v) is 7.49. The van der Waals surface area contributed by atoms with E-state index in [9.17, 15) is 13.2 Å². The summed E-state index contributed by atoms with van der Waals surface area (Å²) < 4.78 is 36.5. The topological polar surface area (TPSA) is 93.7 Å². The molecule has 7 nitrogen and oxygen atoms in total. The highest BCUT2D eigenvalue weighted by Crippen LogP contribution is 2.09. The number of ether oxygens (including phenoxy) is 2. The average Bonchev–Trinajstić information content (AvgIpc) is 2.53. The predicted molar refractivity (Wildman–Crippen MR) is 89.2 cm³/mol. The monoisotopic (exact) mass is 354 g/mol. The minimum Gasteiger partial charge on any atom is -0.494 e. The van der Waals surface area contributed by atoms with Gasteiger partial charge >= 0.3 is 0 Å². The van der Waals surface area contributed by atoms with Crippen molar-refractivity contribution in [1.82, 2.24) is 10.0 Å². The van der Waals surface area contributed by atoms with Gasteiger partial charge in [-0.25, -0.2) is 13.1 Å². The van der Waals surface area contributed by atoms with Gasteiger partial charge < -0.3 is 14.8 Å². The molecule has 1 aliphatic heterocycles. The molecular weight excluding hydrogens is 332 g/mol. The standard InChI is InChI=1S/C16H22N2O5S/c1-12(2)18-24(20,21)11-14-5-3-13(4-6-14)9-17-16(19)15-10-22-7-8-23-15/h3-6,10,12,18H,7-9,11H2,1-2H3,(H,17,19). The van der Waals surface area contributed by atoms with E-state index in [-0.39, 0.29) is 23.5 Å². The van der Waals surface area contributed by atoms with Crippen LogP contribution in [-0.4, -0.2) is 33.6 Å². The molecule has 24 heavy (non-hydrogen) atoms. The van der Waals surface area contributed by atoms with E-state index < -0.39 is 10.0 Å². The Kier molecular flexibility index (Phi) is 6.22. The molecule has 1 amide bonds. The average molecular weight is 354 g/mol. The molecule has 2 N–H and O–H groups in total. The van der Waals surface area contributed by atoms with E-state index in [1.165, 1.54) is 6.26 Å². The van der Waals surface area contributed by atoms with E-state index in [2.05, 4.69) is 10.0 Å². The van der Waals surface area contributed by atoms with Gasteiger partial charge in [-0.1, -0.05) is 24.3 Å². The van der Waals surface area contributed by atoms with Gasteiger partial charge in [0.25, 0.3) is 5.91 Å². The summed E-state index contributed by atoms with van der Waals surface area (Å²) in [4.78, 5) is 11.9. The van der Waals surface area contributed by atoms with E-state index in [4.69, 9.17) is 9.47 Å². The van der Waals surface area contributed by atoms with Crippen molar-refractivity contribution >= 4 is 15.9 Å². The lowest BCUT2D eigenvalue weighted by atomic mass is 10.1. The second kappa shape index (κ2) is 8.16. The second-order valence-electron chi connectivity index (χ2n) is 5.73. The fourth-order valence-electron chi connectivity index (χ4n) is 2.13. The van der Waals surface area contributed by atoms with Gasteiger partial charge in [0.05, 0.1) is 5.75 Å². The Hall–Kier alpha value is -2.06. The zero-order valence-corrected chi connectivity index (χ0v) is 14.6. The molecule has 0 saturated carbocycles. The van der Waals surface area contributed by atoms with Crippen LogP contribution in [0.1, 0.15) is 25.0 Å². The maximum absolute atomic E-state index is 11.9. The molecule has 1 aliphatic rings. The summed E-state index contributed by atoms with van der Waals surface area (Å²) in [5.74, 6) is -0.262. The Morgan fingerprint density at radius 1 is 1.17 bits per heavy atom. The van der Waals surface area contributed by atoms with Crippen LogP contribution in [0, 0.1) is 0 Å². The first kappa shape index (κ1) is 18.3. The Balaban J connectivity index is 1.88. The molecule has 1 aromatic rings. The maximum Gasteiger partial charge on any atom is 0.289 e. The van der Waals surface area contributed by atoms with Crippen molar-refractivity contribution < 1.29 is 22.7 Å². The van der Waals surface area contributed by atoms with Crippen LogP contribution < -0.4 is 10.0 Å². The van der Waals surface area contributed by atoms with Crippen LogP contribution in [0.5, 0.6) is 0 Å². The van der Waals surface area contributed by atoms with Gasteiger partial charge in [0, 0.05) is 12.6 Å². The lowest BCUT2D eigenvalue weighted by Crippen LogP contribution is -2.31. The summed E-state index contributed by atoms with van der Waals surface area (Å²) in [5, 5.41) is 2.72. The summed E-state index contributed by atoms with van der Waals surface area (Å²) in [6.07, 6.45) is 1.30. The minimum atomic E-state index is -3.34. The largest absolute Gasteiger partial charge is 0.494 e. The van der Waals surface area contributed by atoms with Crippen molar-refractivity contribution in [1.29, 1.82) is 0 Å². The van der Waals surface area contributed by atoms with Crippen molar-refractivity contribution in [3.63, 3.8) is 0 Å². The fourth-order valence-corrected chi connectivity index (χ4v) is 3.56. The SMILES string of the molecule is CC(C)NS(=O)(=O)Cc1ccc(CNC(=O)C2=COCCO2)cc1. The molecule has 0 aliphatic carbocycles. The van der Waals surface area contributed by atoms with Gasteiger partial charge in [0.2, 0.25) is 15.8 Å². The Bertz CT molecular complexity index is 696. The lowest BCUT2D eigenvalue weighted by molar-refractivity contribution is -0.122. The first-order chi connectivity index (χ1) is 11.4. The van der Waals surface area contributed by atoms with E-state index in [1.54, 1.807) is 38.1 Å². The summed E-state index contributed by atoms with van der Waals surface area (Å²) in [6, 6.07) is 6.91. The first-order valence-corrected chi connectivity index (χ1v) is 9.31. The molecule has 0 bridgehead atoms. The molecule has 0 aromatic heterocycles. The van der Waals surface area contributed by atoms with Gasteiger partial charge in [0.15, 0.2) is 0 Å². The van der Waals surface area contributed by atoms with Crippen LogP contribution in [0.15, 0.2) is 36.3 Å². The van der Waals surface area contributed by atoms with E-state index >= 15 is 0 Å². The molecular formula is C16H22N2O5S. The summed E-state index contributed by atoms with van der Waals surface area (Å²) in [7, 11) is -3.34. The first-order valence-electron chi connectivity index (χ1n) is 7.66. The predicted octanol–water partition coefficient (Wildman–Crippen LogP) is 1.02. The van der Waals surface area contributed by atoms with Gasteiger partial charge in [-0.15, -0.1) is 0 Å². The number of hydrogen-bond acceptors (Lipinski definition) is 5. The van der Waals surface area contributed by atoms with Crippen molar-refractivity contribution in [2.45, 2.75) is 32.2 Å². The third-order valence-corrected chi connectivity index (χ3v) is 4.66. The highest BCUT2D eigenvalue weighted by molar-refractivity contribution is 7.88. The molecule has 2 rings (SSSR count). The maximum atomic E-state index is 11.9. The van der Waals surface area contributed by atoms with Crippen molar-refractivity contribution in [3.8, 4) is 0 Å². The lowest BCUT2D eigenvalue weighted by Gasteiger charge is -2.15. The van der Waals surface area contributed by atoms with Gasteiger partial charge in [-0.2, -0.15) is 0 Å². The summed E-state index contributed by atoms with van der Waals surface area (Å²) >= 11 is 0. The number of rotatable bonds is 7. The zero-order chi connectivity index (χ0) is 17.6. The van der Waals surface area contributed by atoms with Crippen LogP contribution in [0.2, 0.25) is 0 Å². The molecule has 8 heteroatoms. The molecule has 0 unspecified atom stereocenters. The van der Waals surface area contributed by atoms with E-state index in [0.29, 0.717) is 25.3 Å². The molecule has 1 aromatic carbocycles. The van der Waals surface area contributed by atoms with Crippen molar-refractivity contribution in [2.24, 2.45) is 0 Å². The van der Waals surface area contributed by atoms with Crippen molar-refractivity contribution in [3.05, 3.63) is 47.4 Å². The molecule has 132 valence electrons. The Morgan fingerprint density at radius 3 is 2.42 bits per heavy atom. The molecule has 0 fully saturated rings. The molecule has 0 radical (unpaired) electrons. The van der Waals surface area contributed by atoms with Gasteiger partial charge in [0.1, 0.15) is 19.5 Å². The van der Waals surface area contributed by atoms with Crippen LogP contribution in [0.4, 0.5) is 0 Å². The van der Waals surface area contributed by atoms with Gasteiger partial charge in [-0.05, 0) is 25.0 Å². The minimum absolute atomic E-state index is 0.0735. The Labute approximate surface area is 142 Å². The third-order valence-electron chi connectivity index (χ3n) is 3.12. The number of sulfonamides is 1. The zero-order valence-electron chi connectivity index (χ0n) is 13.7. The van der Waals surface area contributed by atoms with Crippen LogP contribution in [0.3, 0.4) is 0 Å². The van der Waals surface area contributed by atoms with E-state index in [0.717, 1.165) is 5.56 Å². The Morgan fingerprint density at radius 2 is 1.83 bits per heavy atom. The molecule has 0 atom stereocenters.